The van der Waals surface area contributed by atoms with E-state index < -0.39 is 15.7 Å². The molecule has 1 aliphatic carbocycles. The second-order valence-corrected chi connectivity index (χ2v) is 7.91. The molecule has 3 rings (SSSR count). The van der Waals surface area contributed by atoms with Crippen LogP contribution in [0.25, 0.3) is 0 Å². The minimum Gasteiger partial charge on any atom is -0.365 e. The van der Waals surface area contributed by atoms with Crippen molar-refractivity contribution in [3.05, 3.63) is 30.0 Å². The Morgan fingerprint density at radius 3 is 2.40 bits per heavy atom. The SMILES string of the molecule is CS(=O)(=O)c1ccc(Nc2nnc(C(N)=O)c(NC3CCC3)n2)cc1. The zero-order valence-electron chi connectivity index (χ0n) is 13.6. The number of benzene rings is 1. The van der Waals surface area contributed by atoms with Crippen LogP contribution in [0.3, 0.4) is 0 Å². The number of carbonyl (C=O) groups is 1. The third-order valence-corrected chi connectivity index (χ3v) is 5.03. The molecule has 0 radical (unpaired) electrons. The van der Waals surface area contributed by atoms with Crippen molar-refractivity contribution in [2.75, 3.05) is 16.9 Å². The molecular weight excluding hydrogens is 344 g/mol. The lowest BCUT2D eigenvalue weighted by molar-refractivity contribution is 0.0995. The van der Waals surface area contributed by atoms with Crippen molar-refractivity contribution < 1.29 is 13.2 Å². The first-order valence-corrected chi connectivity index (χ1v) is 9.60. The highest BCUT2D eigenvalue weighted by molar-refractivity contribution is 7.90. The molecule has 1 aliphatic rings. The van der Waals surface area contributed by atoms with E-state index in [1.54, 1.807) is 12.1 Å². The highest BCUT2D eigenvalue weighted by Crippen LogP contribution is 2.24. The highest BCUT2D eigenvalue weighted by Gasteiger charge is 2.22. The van der Waals surface area contributed by atoms with Crippen molar-refractivity contribution in [3.63, 3.8) is 0 Å². The van der Waals surface area contributed by atoms with Gasteiger partial charge in [0.2, 0.25) is 5.95 Å². The van der Waals surface area contributed by atoms with Gasteiger partial charge in [-0.3, -0.25) is 4.79 Å². The normalized spacial score (nSPS) is 14.6. The third-order valence-electron chi connectivity index (χ3n) is 3.90. The van der Waals surface area contributed by atoms with Gasteiger partial charge >= 0.3 is 0 Å². The second kappa shape index (κ2) is 6.63. The number of carbonyl (C=O) groups excluding carboxylic acids is 1. The van der Waals surface area contributed by atoms with E-state index in [0.29, 0.717) is 11.5 Å². The van der Waals surface area contributed by atoms with Crippen molar-refractivity contribution in [2.24, 2.45) is 5.73 Å². The van der Waals surface area contributed by atoms with Crippen molar-refractivity contribution >= 4 is 33.2 Å². The predicted octanol–water partition coefficient (Wildman–Crippen LogP) is 1.08. The van der Waals surface area contributed by atoms with E-state index in [-0.39, 0.29) is 22.6 Å². The zero-order chi connectivity index (χ0) is 18.0. The van der Waals surface area contributed by atoms with Crippen LogP contribution in [0.15, 0.2) is 29.2 Å². The molecule has 1 aromatic heterocycles. The molecule has 1 saturated carbocycles. The van der Waals surface area contributed by atoms with Gasteiger partial charge in [-0.25, -0.2) is 8.42 Å². The van der Waals surface area contributed by atoms with Crippen LogP contribution in [0.5, 0.6) is 0 Å². The zero-order valence-corrected chi connectivity index (χ0v) is 14.4. The Morgan fingerprint density at radius 2 is 1.88 bits per heavy atom. The predicted molar refractivity (Wildman–Crippen MR) is 92.4 cm³/mol. The minimum atomic E-state index is -3.26. The van der Waals surface area contributed by atoms with Gasteiger partial charge in [0.05, 0.1) is 4.90 Å². The Bertz CT molecular complexity index is 894. The van der Waals surface area contributed by atoms with Crippen LogP contribution in [0, 0.1) is 0 Å². The molecule has 1 heterocycles. The van der Waals surface area contributed by atoms with Crippen LogP contribution in [0.4, 0.5) is 17.5 Å². The van der Waals surface area contributed by atoms with E-state index in [0.717, 1.165) is 25.5 Å². The first-order chi connectivity index (χ1) is 11.8. The van der Waals surface area contributed by atoms with Gasteiger partial charge in [0, 0.05) is 18.0 Å². The lowest BCUT2D eigenvalue weighted by Crippen LogP contribution is -2.30. The van der Waals surface area contributed by atoms with Crippen molar-refractivity contribution in [1.82, 2.24) is 15.2 Å². The first-order valence-electron chi connectivity index (χ1n) is 7.71. The average Bonchev–Trinajstić information content (AvgIpc) is 2.50. The van der Waals surface area contributed by atoms with Crippen LogP contribution in [0.2, 0.25) is 0 Å². The summed E-state index contributed by atoms with van der Waals surface area (Å²) in [6.07, 6.45) is 4.26. The Kier molecular flexibility index (Phi) is 4.53. The Morgan fingerprint density at radius 1 is 1.20 bits per heavy atom. The van der Waals surface area contributed by atoms with E-state index in [1.165, 1.54) is 12.1 Å². The van der Waals surface area contributed by atoms with Crippen LogP contribution in [-0.4, -0.2) is 41.8 Å². The van der Waals surface area contributed by atoms with Crippen molar-refractivity contribution in [1.29, 1.82) is 0 Å². The molecular formula is C15H18N6O3S. The maximum Gasteiger partial charge on any atom is 0.273 e. The summed E-state index contributed by atoms with van der Waals surface area (Å²) in [6, 6.07) is 6.41. The number of amides is 1. The van der Waals surface area contributed by atoms with E-state index in [4.69, 9.17) is 5.73 Å². The smallest absolute Gasteiger partial charge is 0.273 e. The summed E-state index contributed by atoms with van der Waals surface area (Å²) in [7, 11) is -3.26. The van der Waals surface area contributed by atoms with Crippen LogP contribution >= 0.6 is 0 Å². The van der Waals surface area contributed by atoms with Gasteiger partial charge in [-0.05, 0) is 43.5 Å². The van der Waals surface area contributed by atoms with Gasteiger partial charge in [0.25, 0.3) is 5.91 Å². The summed E-state index contributed by atoms with van der Waals surface area (Å²) in [5.41, 5.74) is 5.89. The number of rotatable bonds is 6. The number of primary amides is 1. The lowest BCUT2D eigenvalue weighted by atomic mass is 9.93. The lowest BCUT2D eigenvalue weighted by Gasteiger charge is -2.27. The number of sulfone groups is 1. The topological polar surface area (TPSA) is 140 Å². The molecule has 0 bridgehead atoms. The van der Waals surface area contributed by atoms with Gasteiger partial charge in [-0.1, -0.05) is 0 Å². The van der Waals surface area contributed by atoms with Gasteiger partial charge < -0.3 is 16.4 Å². The molecule has 0 aliphatic heterocycles. The molecule has 4 N–H and O–H groups in total. The number of anilines is 3. The standard InChI is InChI=1S/C15H18N6O3S/c1-25(23,24)11-7-5-10(6-8-11)18-15-19-14(17-9-3-2-4-9)12(13(16)22)20-21-15/h5-9H,2-4H2,1H3,(H2,16,22)(H2,17,18,19,21). The monoisotopic (exact) mass is 362 g/mol. The third kappa shape index (κ3) is 4.02. The number of aromatic nitrogens is 3. The van der Waals surface area contributed by atoms with E-state index >= 15 is 0 Å². The number of hydrogen-bond donors (Lipinski definition) is 3. The summed E-state index contributed by atoms with van der Waals surface area (Å²) in [5.74, 6) is -0.229. The molecule has 1 aromatic carbocycles. The van der Waals surface area contributed by atoms with Crippen LogP contribution in [0.1, 0.15) is 29.8 Å². The molecule has 132 valence electrons. The molecule has 1 amide bonds. The van der Waals surface area contributed by atoms with Crippen LogP contribution < -0.4 is 16.4 Å². The summed E-state index contributed by atoms with van der Waals surface area (Å²) in [4.78, 5) is 16.0. The summed E-state index contributed by atoms with van der Waals surface area (Å²) >= 11 is 0. The summed E-state index contributed by atoms with van der Waals surface area (Å²) in [6.45, 7) is 0. The Balaban J connectivity index is 1.82. The molecule has 0 saturated heterocycles. The minimum absolute atomic E-state index is 0.00938. The van der Waals surface area contributed by atoms with Gasteiger partial charge in [0.1, 0.15) is 0 Å². The maximum absolute atomic E-state index is 11.5. The molecule has 0 atom stereocenters. The van der Waals surface area contributed by atoms with Crippen molar-refractivity contribution in [2.45, 2.75) is 30.2 Å². The fourth-order valence-electron chi connectivity index (χ4n) is 2.31. The Labute approximate surface area is 145 Å². The molecule has 1 fully saturated rings. The molecule has 0 spiro atoms. The molecule has 9 nitrogen and oxygen atoms in total. The molecule has 10 heteroatoms. The second-order valence-electron chi connectivity index (χ2n) is 5.89. The van der Waals surface area contributed by atoms with Crippen LogP contribution in [-0.2, 0) is 9.84 Å². The molecule has 0 unspecified atom stereocenters. The quantitative estimate of drug-likeness (QED) is 0.693. The molecule has 2 aromatic rings. The van der Waals surface area contributed by atoms with Gasteiger partial charge in [-0.2, -0.15) is 4.98 Å². The van der Waals surface area contributed by atoms with Gasteiger partial charge in [0.15, 0.2) is 21.3 Å². The van der Waals surface area contributed by atoms with Gasteiger partial charge in [-0.15, -0.1) is 10.2 Å². The summed E-state index contributed by atoms with van der Waals surface area (Å²) < 4.78 is 23.0. The number of nitrogens with one attached hydrogen (secondary N) is 2. The summed E-state index contributed by atoms with van der Waals surface area (Å²) in [5, 5.41) is 13.8. The van der Waals surface area contributed by atoms with E-state index in [1.807, 2.05) is 0 Å². The number of nitrogens with two attached hydrogens (primary N) is 1. The first kappa shape index (κ1) is 17.1. The van der Waals surface area contributed by atoms with Crippen molar-refractivity contribution in [3.8, 4) is 0 Å². The number of nitrogens with zero attached hydrogens (tertiary/aromatic N) is 3. The highest BCUT2D eigenvalue weighted by atomic mass is 32.2. The fraction of sp³-hybridized carbons (Fsp3) is 0.333. The average molecular weight is 362 g/mol. The molecule has 25 heavy (non-hydrogen) atoms. The fourth-order valence-corrected chi connectivity index (χ4v) is 2.94. The van der Waals surface area contributed by atoms with E-state index in [2.05, 4.69) is 25.8 Å². The Hall–Kier alpha value is -2.75. The maximum atomic E-state index is 11.5. The van der Waals surface area contributed by atoms with E-state index in [9.17, 15) is 13.2 Å². The number of hydrogen-bond acceptors (Lipinski definition) is 8. The largest absolute Gasteiger partial charge is 0.365 e.